The smallest absolute Gasteiger partial charge is 0.0860 e. The summed E-state index contributed by atoms with van der Waals surface area (Å²) in [6.45, 7) is 3.90. The van der Waals surface area contributed by atoms with E-state index in [0.29, 0.717) is 19.0 Å². The second kappa shape index (κ2) is 6.74. The van der Waals surface area contributed by atoms with Gasteiger partial charge in [-0.05, 0) is 31.4 Å². The molecule has 0 amide bonds. The monoisotopic (exact) mass is 239 g/mol. The van der Waals surface area contributed by atoms with Crippen molar-refractivity contribution in [2.75, 3.05) is 26.3 Å². The number of aliphatic hydroxyl groups excluding tert-OH is 1. The van der Waals surface area contributed by atoms with Crippen molar-refractivity contribution in [1.82, 2.24) is 15.1 Å². The predicted octanol–water partition coefficient (Wildman–Crippen LogP) is 0.260. The lowest BCUT2D eigenvalue weighted by Gasteiger charge is -2.23. The normalized spacial score (nSPS) is 19.4. The average Bonchev–Trinajstić information content (AvgIpc) is 2.83. The first-order valence-corrected chi connectivity index (χ1v) is 6.28. The van der Waals surface area contributed by atoms with Gasteiger partial charge in [-0.1, -0.05) is 0 Å². The van der Waals surface area contributed by atoms with Crippen LogP contribution in [0.5, 0.6) is 0 Å². The van der Waals surface area contributed by atoms with E-state index in [1.165, 1.54) is 0 Å². The van der Waals surface area contributed by atoms with Crippen LogP contribution in [0.3, 0.4) is 0 Å². The Bertz CT molecular complexity index is 297. The van der Waals surface area contributed by atoms with Crippen LogP contribution >= 0.6 is 0 Å². The molecule has 0 saturated carbocycles. The van der Waals surface area contributed by atoms with Crippen LogP contribution in [0, 0.1) is 5.92 Å². The topological polar surface area (TPSA) is 59.3 Å². The zero-order valence-corrected chi connectivity index (χ0v) is 10.1. The number of rotatable bonds is 6. The van der Waals surface area contributed by atoms with E-state index in [-0.39, 0.29) is 6.10 Å². The van der Waals surface area contributed by atoms with E-state index >= 15 is 0 Å². The highest BCUT2D eigenvalue weighted by Crippen LogP contribution is 2.12. The molecule has 1 aromatic heterocycles. The molecule has 2 rings (SSSR count). The van der Waals surface area contributed by atoms with Crippen molar-refractivity contribution in [3.8, 4) is 0 Å². The van der Waals surface area contributed by atoms with Gasteiger partial charge in [-0.15, -0.1) is 0 Å². The molecule has 0 aliphatic carbocycles. The second-order valence-corrected chi connectivity index (χ2v) is 4.60. The number of nitrogens with one attached hydrogen (secondary N) is 1. The van der Waals surface area contributed by atoms with Gasteiger partial charge in [0.1, 0.15) is 0 Å². The summed E-state index contributed by atoms with van der Waals surface area (Å²) in [7, 11) is 0. The lowest BCUT2D eigenvalue weighted by atomic mass is 10.0. The lowest BCUT2D eigenvalue weighted by molar-refractivity contribution is 0.0645. The molecule has 17 heavy (non-hydrogen) atoms. The van der Waals surface area contributed by atoms with E-state index in [0.717, 1.165) is 32.6 Å². The van der Waals surface area contributed by atoms with Gasteiger partial charge in [-0.2, -0.15) is 5.10 Å². The van der Waals surface area contributed by atoms with Crippen LogP contribution < -0.4 is 5.32 Å². The van der Waals surface area contributed by atoms with Gasteiger partial charge < -0.3 is 15.2 Å². The van der Waals surface area contributed by atoms with Gasteiger partial charge in [-0.25, -0.2) is 0 Å². The molecular formula is C12H21N3O2. The maximum Gasteiger partial charge on any atom is 0.0860 e. The Morgan fingerprint density at radius 2 is 2.29 bits per heavy atom. The first-order valence-electron chi connectivity index (χ1n) is 6.28. The van der Waals surface area contributed by atoms with E-state index in [1.54, 1.807) is 10.9 Å². The summed E-state index contributed by atoms with van der Waals surface area (Å²) in [6, 6.07) is 1.86. The molecule has 96 valence electrons. The molecule has 1 aromatic rings. The van der Waals surface area contributed by atoms with Crippen LogP contribution in [-0.4, -0.2) is 47.3 Å². The summed E-state index contributed by atoms with van der Waals surface area (Å²) in [4.78, 5) is 0. The fraction of sp³-hybridized carbons (Fsp3) is 0.750. The van der Waals surface area contributed by atoms with Gasteiger partial charge in [0.2, 0.25) is 0 Å². The van der Waals surface area contributed by atoms with Crippen LogP contribution in [0.4, 0.5) is 0 Å². The maximum absolute atomic E-state index is 9.80. The number of aliphatic hydroxyl groups is 1. The number of nitrogens with zero attached hydrogens (tertiary/aromatic N) is 2. The Labute approximate surface area is 102 Å². The molecule has 0 radical (unpaired) electrons. The van der Waals surface area contributed by atoms with Crippen LogP contribution in [-0.2, 0) is 11.3 Å². The van der Waals surface area contributed by atoms with Crippen molar-refractivity contribution in [1.29, 1.82) is 0 Å². The minimum Gasteiger partial charge on any atom is -0.390 e. The summed E-state index contributed by atoms with van der Waals surface area (Å²) in [5, 5.41) is 17.2. The molecule has 0 spiro atoms. The standard InChI is InChI=1S/C12H21N3O2/c16-12(10-15-5-1-4-14-15)9-13-8-11-2-6-17-7-3-11/h1,4-5,11-13,16H,2-3,6-10H2. The molecule has 1 unspecified atom stereocenters. The Hall–Kier alpha value is -0.910. The number of aromatic nitrogens is 2. The molecule has 2 heterocycles. The Morgan fingerprint density at radius 1 is 1.47 bits per heavy atom. The van der Waals surface area contributed by atoms with Crippen molar-refractivity contribution in [2.45, 2.75) is 25.5 Å². The van der Waals surface area contributed by atoms with Gasteiger partial charge in [0.15, 0.2) is 0 Å². The molecule has 1 atom stereocenters. The van der Waals surface area contributed by atoms with Gasteiger partial charge in [0.05, 0.1) is 12.6 Å². The van der Waals surface area contributed by atoms with Crippen molar-refractivity contribution in [3.63, 3.8) is 0 Å². The van der Waals surface area contributed by atoms with E-state index in [2.05, 4.69) is 10.4 Å². The molecule has 5 heteroatoms. The second-order valence-electron chi connectivity index (χ2n) is 4.60. The van der Waals surface area contributed by atoms with E-state index in [1.807, 2.05) is 12.3 Å². The van der Waals surface area contributed by atoms with Crippen molar-refractivity contribution < 1.29 is 9.84 Å². The summed E-state index contributed by atoms with van der Waals surface area (Å²) < 4.78 is 7.06. The molecule has 1 aliphatic heterocycles. The summed E-state index contributed by atoms with van der Waals surface area (Å²) in [5.41, 5.74) is 0. The van der Waals surface area contributed by atoms with E-state index in [9.17, 15) is 5.11 Å². The van der Waals surface area contributed by atoms with Crippen molar-refractivity contribution in [2.24, 2.45) is 5.92 Å². The largest absolute Gasteiger partial charge is 0.390 e. The Kier molecular flexibility index (Phi) is 4.97. The quantitative estimate of drug-likeness (QED) is 0.747. The molecule has 0 aromatic carbocycles. The van der Waals surface area contributed by atoms with Crippen LogP contribution in [0.25, 0.3) is 0 Å². The highest BCUT2D eigenvalue weighted by atomic mass is 16.5. The first kappa shape index (κ1) is 12.5. The summed E-state index contributed by atoms with van der Waals surface area (Å²) in [6.07, 6.45) is 5.46. The van der Waals surface area contributed by atoms with Crippen LogP contribution in [0.2, 0.25) is 0 Å². The molecule has 1 saturated heterocycles. The van der Waals surface area contributed by atoms with Gasteiger partial charge in [-0.3, -0.25) is 4.68 Å². The van der Waals surface area contributed by atoms with Crippen molar-refractivity contribution >= 4 is 0 Å². The molecule has 0 bridgehead atoms. The van der Waals surface area contributed by atoms with Crippen molar-refractivity contribution in [3.05, 3.63) is 18.5 Å². The summed E-state index contributed by atoms with van der Waals surface area (Å²) >= 11 is 0. The third-order valence-corrected chi connectivity index (χ3v) is 3.11. The molecule has 2 N–H and O–H groups in total. The maximum atomic E-state index is 9.80. The van der Waals surface area contributed by atoms with E-state index in [4.69, 9.17) is 4.74 Å². The fourth-order valence-corrected chi connectivity index (χ4v) is 2.09. The molecule has 1 fully saturated rings. The molecule has 5 nitrogen and oxygen atoms in total. The lowest BCUT2D eigenvalue weighted by Crippen LogP contribution is -2.35. The Morgan fingerprint density at radius 3 is 3.00 bits per heavy atom. The number of hydrogen-bond acceptors (Lipinski definition) is 4. The zero-order valence-electron chi connectivity index (χ0n) is 10.1. The zero-order chi connectivity index (χ0) is 11.9. The predicted molar refractivity (Wildman–Crippen MR) is 64.6 cm³/mol. The minimum absolute atomic E-state index is 0.380. The Balaban J connectivity index is 1.58. The SMILES string of the molecule is OC(CNCC1CCOCC1)Cn1cccn1. The first-order chi connectivity index (χ1) is 8.34. The number of hydrogen-bond donors (Lipinski definition) is 2. The van der Waals surface area contributed by atoms with Gasteiger partial charge in [0.25, 0.3) is 0 Å². The number of ether oxygens (including phenoxy) is 1. The minimum atomic E-state index is -0.380. The van der Waals surface area contributed by atoms with Crippen LogP contribution in [0.1, 0.15) is 12.8 Å². The van der Waals surface area contributed by atoms with E-state index < -0.39 is 0 Å². The van der Waals surface area contributed by atoms with Gasteiger partial charge >= 0.3 is 0 Å². The summed E-state index contributed by atoms with van der Waals surface area (Å²) in [5.74, 6) is 0.695. The highest BCUT2D eigenvalue weighted by molar-refractivity contribution is 4.79. The molecular weight excluding hydrogens is 218 g/mol. The molecule has 1 aliphatic rings. The van der Waals surface area contributed by atoms with Crippen LogP contribution in [0.15, 0.2) is 18.5 Å². The highest BCUT2D eigenvalue weighted by Gasteiger charge is 2.13. The average molecular weight is 239 g/mol. The third-order valence-electron chi connectivity index (χ3n) is 3.11. The van der Waals surface area contributed by atoms with Gasteiger partial charge in [0, 0.05) is 32.2 Å². The fourth-order valence-electron chi connectivity index (χ4n) is 2.09. The third kappa shape index (κ3) is 4.46.